The number of carbonyl (C=O) groups is 1. The third kappa shape index (κ3) is 3.44. The van der Waals surface area contributed by atoms with E-state index in [1.807, 2.05) is 6.07 Å². The summed E-state index contributed by atoms with van der Waals surface area (Å²) in [5.74, 6) is 0.283. The van der Waals surface area contributed by atoms with Crippen LogP contribution in [0, 0.1) is 11.3 Å². The van der Waals surface area contributed by atoms with Crippen LogP contribution in [0.5, 0.6) is 5.75 Å². The van der Waals surface area contributed by atoms with Crippen molar-refractivity contribution in [3.8, 4) is 11.8 Å². The Labute approximate surface area is 131 Å². The fraction of sp³-hybridized carbons (Fsp3) is 0.0769. The van der Waals surface area contributed by atoms with Gasteiger partial charge in [0.15, 0.2) is 6.61 Å². The molecule has 2 rings (SSSR count). The fourth-order valence-electron chi connectivity index (χ4n) is 1.44. The minimum atomic E-state index is -0.137. The molecule has 0 amide bonds. The second-order valence-corrected chi connectivity index (χ2v) is 7.31. The summed E-state index contributed by atoms with van der Waals surface area (Å²) in [6.07, 6.45) is 0. The average molecular weight is 401 g/mol. The van der Waals surface area contributed by atoms with E-state index in [9.17, 15) is 4.79 Å². The maximum absolute atomic E-state index is 12.0. The topological polar surface area (TPSA) is 50.1 Å². The standard InChI is InChI=1S/C13H7Br2NO2S/c14-12-5-9(13(15)19-12)10(17)7-18-11-4-2-1-3-8(11)6-16/h1-5H,7H2. The van der Waals surface area contributed by atoms with E-state index in [0.29, 0.717) is 16.9 Å². The predicted octanol–water partition coefficient (Wildman–Crippen LogP) is 4.41. The molecule has 0 aliphatic carbocycles. The molecule has 0 fully saturated rings. The summed E-state index contributed by atoms with van der Waals surface area (Å²) < 4.78 is 7.05. The quantitative estimate of drug-likeness (QED) is 0.714. The highest BCUT2D eigenvalue weighted by molar-refractivity contribution is 9.12. The second-order valence-electron chi connectivity index (χ2n) is 3.56. The van der Waals surface area contributed by atoms with Crippen molar-refractivity contribution in [1.82, 2.24) is 0 Å². The van der Waals surface area contributed by atoms with Crippen LogP contribution >= 0.6 is 43.2 Å². The van der Waals surface area contributed by atoms with Crippen LogP contribution in [-0.2, 0) is 0 Å². The zero-order chi connectivity index (χ0) is 13.8. The molecule has 1 heterocycles. The number of nitriles is 1. The Kier molecular flexibility index (Phi) is 4.75. The lowest BCUT2D eigenvalue weighted by Crippen LogP contribution is -2.11. The number of para-hydroxylation sites is 1. The number of halogens is 2. The molecule has 0 saturated carbocycles. The molecular weight excluding hydrogens is 394 g/mol. The van der Waals surface area contributed by atoms with Crippen LogP contribution in [0.15, 0.2) is 37.9 Å². The number of ether oxygens (including phenoxy) is 1. The summed E-state index contributed by atoms with van der Waals surface area (Å²) >= 11 is 8.09. The van der Waals surface area contributed by atoms with Gasteiger partial charge >= 0.3 is 0 Å². The van der Waals surface area contributed by atoms with Crippen LogP contribution in [0.3, 0.4) is 0 Å². The van der Waals surface area contributed by atoms with Crippen LogP contribution in [0.2, 0.25) is 0 Å². The molecule has 96 valence electrons. The van der Waals surface area contributed by atoms with Crippen LogP contribution < -0.4 is 4.74 Å². The van der Waals surface area contributed by atoms with Crippen LogP contribution in [0.4, 0.5) is 0 Å². The zero-order valence-electron chi connectivity index (χ0n) is 9.52. The van der Waals surface area contributed by atoms with E-state index >= 15 is 0 Å². The van der Waals surface area contributed by atoms with Crippen molar-refractivity contribution in [1.29, 1.82) is 5.26 Å². The fourth-order valence-corrected chi connectivity index (χ4v) is 4.29. The third-order valence-electron chi connectivity index (χ3n) is 2.32. The Morgan fingerprint density at radius 2 is 2.11 bits per heavy atom. The smallest absolute Gasteiger partial charge is 0.202 e. The summed E-state index contributed by atoms with van der Waals surface area (Å²) in [5.41, 5.74) is 0.993. The Morgan fingerprint density at radius 3 is 2.74 bits per heavy atom. The molecule has 0 unspecified atom stereocenters. The number of hydrogen-bond donors (Lipinski definition) is 0. The predicted molar refractivity (Wildman–Crippen MR) is 80.7 cm³/mol. The van der Waals surface area contributed by atoms with Gasteiger partial charge in [-0.2, -0.15) is 5.26 Å². The largest absolute Gasteiger partial charge is 0.484 e. The molecule has 6 heteroatoms. The minimum absolute atomic E-state index is 0.0968. The molecule has 1 aromatic carbocycles. The van der Waals surface area contributed by atoms with Crippen molar-refractivity contribution in [2.24, 2.45) is 0 Å². The molecular formula is C13H7Br2NO2S. The molecule has 0 saturated heterocycles. The van der Waals surface area contributed by atoms with Crippen molar-refractivity contribution in [3.05, 3.63) is 49.0 Å². The normalized spacial score (nSPS) is 9.95. The third-order valence-corrected chi connectivity index (χ3v) is 4.66. The van der Waals surface area contributed by atoms with Gasteiger partial charge in [0.25, 0.3) is 0 Å². The van der Waals surface area contributed by atoms with Crippen molar-refractivity contribution in [2.45, 2.75) is 0 Å². The molecule has 19 heavy (non-hydrogen) atoms. The van der Waals surface area contributed by atoms with Gasteiger partial charge < -0.3 is 4.74 Å². The van der Waals surface area contributed by atoms with E-state index in [4.69, 9.17) is 10.00 Å². The number of nitrogens with zero attached hydrogens (tertiary/aromatic N) is 1. The van der Waals surface area contributed by atoms with Gasteiger partial charge in [0.2, 0.25) is 5.78 Å². The summed E-state index contributed by atoms with van der Waals surface area (Å²) in [6, 6.07) is 10.6. The van der Waals surface area contributed by atoms with Gasteiger partial charge in [-0.3, -0.25) is 4.79 Å². The van der Waals surface area contributed by atoms with E-state index in [1.165, 1.54) is 11.3 Å². The van der Waals surface area contributed by atoms with E-state index in [-0.39, 0.29) is 12.4 Å². The van der Waals surface area contributed by atoms with Crippen LogP contribution in [-0.4, -0.2) is 12.4 Å². The summed E-state index contributed by atoms with van der Waals surface area (Å²) in [4.78, 5) is 12.0. The number of hydrogen-bond acceptors (Lipinski definition) is 4. The second kappa shape index (κ2) is 6.33. The number of Topliss-reactive ketones (excluding diaryl/α,β-unsaturated/α-hetero) is 1. The van der Waals surface area contributed by atoms with Crippen molar-refractivity contribution in [2.75, 3.05) is 6.61 Å². The first kappa shape index (κ1) is 14.3. The first-order valence-electron chi connectivity index (χ1n) is 5.21. The Balaban J connectivity index is 2.09. The monoisotopic (exact) mass is 399 g/mol. The zero-order valence-corrected chi connectivity index (χ0v) is 13.5. The molecule has 0 spiro atoms. The van der Waals surface area contributed by atoms with E-state index in [0.717, 1.165) is 7.57 Å². The van der Waals surface area contributed by atoms with E-state index in [2.05, 4.69) is 31.9 Å². The number of rotatable bonds is 4. The Hall–Kier alpha value is -1.16. The lowest BCUT2D eigenvalue weighted by Gasteiger charge is -2.06. The molecule has 0 radical (unpaired) electrons. The van der Waals surface area contributed by atoms with E-state index < -0.39 is 0 Å². The maximum Gasteiger partial charge on any atom is 0.202 e. The van der Waals surface area contributed by atoms with Gasteiger partial charge in [0.05, 0.1) is 13.1 Å². The Morgan fingerprint density at radius 1 is 1.37 bits per heavy atom. The van der Waals surface area contributed by atoms with Gasteiger partial charge in [-0.1, -0.05) is 12.1 Å². The van der Waals surface area contributed by atoms with Gasteiger partial charge in [0, 0.05) is 5.56 Å². The van der Waals surface area contributed by atoms with Crippen LogP contribution in [0.1, 0.15) is 15.9 Å². The first-order chi connectivity index (χ1) is 9.11. The first-order valence-corrected chi connectivity index (χ1v) is 7.62. The number of thiophene rings is 1. The Bertz CT molecular complexity index is 661. The molecule has 0 aliphatic rings. The molecule has 0 bridgehead atoms. The van der Waals surface area contributed by atoms with Gasteiger partial charge in [-0.25, -0.2) is 0 Å². The number of ketones is 1. The number of benzene rings is 1. The highest BCUT2D eigenvalue weighted by atomic mass is 79.9. The van der Waals surface area contributed by atoms with Crippen molar-refractivity contribution < 1.29 is 9.53 Å². The highest BCUT2D eigenvalue weighted by Gasteiger charge is 2.15. The molecule has 1 aromatic heterocycles. The van der Waals surface area contributed by atoms with Gasteiger partial charge in [0.1, 0.15) is 11.8 Å². The van der Waals surface area contributed by atoms with Gasteiger partial charge in [-0.05, 0) is 50.1 Å². The molecule has 3 nitrogen and oxygen atoms in total. The highest BCUT2D eigenvalue weighted by Crippen LogP contribution is 2.32. The molecule has 0 N–H and O–H groups in total. The minimum Gasteiger partial charge on any atom is -0.484 e. The van der Waals surface area contributed by atoms with Crippen molar-refractivity contribution in [3.63, 3.8) is 0 Å². The maximum atomic E-state index is 12.0. The van der Waals surface area contributed by atoms with Crippen molar-refractivity contribution >= 4 is 49.0 Å². The molecule has 0 aliphatic heterocycles. The lowest BCUT2D eigenvalue weighted by atomic mass is 10.2. The number of carbonyl (C=O) groups excluding carboxylic acids is 1. The molecule has 0 atom stereocenters. The summed E-state index contributed by atoms with van der Waals surface area (Å²) in [5, 5.41) is 8.92. The molecule has 2 aromatic rings. The average Bonchev–Trinajstić information content (AvgIpc) is 2.75. The van der Waals surface area contributed by atoms with E-state index in [1.54, 1.807) is 30.3 Å². The summed E-state index contributed by atoms with van der Waals surface area (Å²) in [6.45, 7) is -0.0968. The van der Waals surface area contributed by atoms with Crippen LogP contribution in [0.25, 0.3) is 0 Å². The lowest BCUT2D eigenvalue weighted by molar-refractivity contribution is 0.0921. The SMILES string of the molecule is N#Cc1ccccc1OCC(=O)c1cc(Br)sc1Br. The summed E-state index contributed by atoms with van der Waals surface area (Å²) in [7, 11) is 0. The van der Waals surface area contributed by atoms with Gasteiger partial charge in [-0.15, -0.1) is 11.3 Å².